The molecule has 0 aliphatic rings. The van der Waals surface area contributed by atoms with Crippen LogP contribution >= 0.6 is 11.5 Å². The summed E-state index contributed by atoms with van der Waals surface area (Å²) >= 11 is 1.48. The Morgan fingerprint density at radius 1 is 1.47 bits per heavy atom. The number of carbonyl (C=O) groups is 1. The van der Waals surface area contributed by atoms with Crippen LogP contribution in [0.25, 0.3) is 10.1 Å². The van der Waals surface area contributed by atoms with E-state index in [9.17, 15) is 4.79 Å². The van der Waals surface area contributed by atoms with Crippen molar-refractivity contribution >= 4 is 27.6 Å². The maximum atomic E-state index is 10.9. The van der Waals surface area contributed by atoms with E-state index in [1.807, 2.05) is 32.9 Å². The van der Waals surface area contributed by atoms with Gasteiger partial charge in [-0.3, -0.25) is 4.79 Å². The van der Waals surface area contributed by atoms with E-state index in [2.05, 4.69) is 10.4 Å². The molecule has 0 saturated heterocycles. The first-order valence-corrected chi connectivity index (χ1v) is 6.26. The summed E-state index contributed by atoms with van der Waals surface area (Å²) in [7, 11) is 0. The Kier molecular flexibility index (Phi) is 2.91. The van der Waals surface area contributed by atoms with Crippen LogP contribution in [0.3, 0.4) is 0 Å². The van der Waals surface area contributed by atoms with Gasteiger partial charge in [0, 0.05) is 10.8 Å². The summed E-state index contributed by atoms with van der Waals surface area (Å²) in [5.74, 6) is -0.768. The Bertz CT molecular complexity index is 572. The van der Waals surface area contributed by atoms with Gasteiger partial charge in [0.25, 0.3) is 0 Å². The third-order valence-electron chi connectivity index (χ3n) is 3.02. The first-order chi connectivity index (χ1) is 7.90. The maximum Gasteiger partial charge on any atom is 0.304 e. The monoisotopic (exact) mass is 249 g/mol. The molecule has 1 N–H and O–H groups in total. The number of fused-ring (bicyclic) bond motifs is 1. The molecule has 2 aromatic rings. The molecule has 2 rings (SSSR count). The summed E-state index contributed by atoms with van der Waals surface area (Å²) in [6, 6.07) is 6.10. The molecular weight excluding hydrogens is 234 g/mol. The fourth-order valence-corrected chi connectivity index (χ4v) is 2.73. The summed E-state index contributed by atoms with van der Waals surface area (Å²) in [5.41, 5.74) is 1.71. The molecule has 0 spiro atoms. The lowest BCUT2D eigenvalue weighted by atomic mass is 9.81. The van der Waals surface area contributed by atoms with Gasteiger partial charge in [-0.05, 0) is 36.2 Å². The highest BCUT2D eigenvalue weighted by Gasteiger charge is 2.24. The Morgan fingerprint density at radius 3 is 2.82 bits per heavy atom. The third kappa shape index (κ3) is 2.31. The topological polar surface area (TPSA) is 50.2 Å². The predicted octanol–water partition coefficient (Wildman–Crippen LogP) is 3.36. The zero-order valence-electron chi connectivity index (χ0n) is 10.2. The molecular formula is C13H15NO2S. The number of hydrogen-bond donors (Lipinski definition) is 1. The molecule has 0 radical (unpaired) electrons. The van der Waals surface area contributed by atoms with Crippen molar-refractivity contribution in [2.75, 3.05) is 0 Å². The van der Waals surface area contributed by atoms with Crippen molar-refractivity contribution in [3.05, 3.63) is 29.5 Å². The first-order valence-electron chi connectivity index (χ1n) is 5.48. The predicted molar refractivity (Wildman–Crippen MR) is 69.6 cm³/mol. The molecule has 17 heavy (non-hydrogen) atoms. The molecule has 3 nitrogen and oxygen atoms in total. The number of aromatic nitrogens is 1. The standard InChI is InChI=1S/C13H15NO2S/c1-8-10-6-9(4-5-11(10)17-14-8)13(2,3)7-12(15)16/h4-6H,7H2,1-3H3,(H,15,16). The number of hydrogen-bond acceptors (Lipinski definition) is 3. The quantitative estimate of drug-likeness (QED) is 0.907. The third-order valence-corrected chi connectivity index (χ3v) is 3.94. The molecule has 0 amide bonds. The highest BCUT2D eigenvalue weighted by molar-refractivity contribution is 7.13. The van der Waals surface area contributed by atoms with E-state index in [1.165, 1.54) is 11.5 Å². The van der Waals surface area contributed by atoms with Gasteiger partial charge in [0.2, 0.25) is 0 Å². The normalized spacial score (nSPS) is 11.9. The van der Waals surface area contributed by atoms with Crippen LogP contribution in [0.1, 0.15) is 31.5 Å². The Hall–Kier alpha value is -1.42. The van der Waals surface area contributed by atoms with E-state index in [-0.39, 0.29) is 11.8 Å². The SMILES string of the molecule is Cc1nsc2ccc(C(C)(C)CC(=O)O)cc12. The molecule has 90 valence electrons. The van der Waals surface area contributed by atoms with Crippen LogP contribution in [0.15, 0.2) is 18.2 Å². The number of carboxylic acid groups (broad SMARTS) is 1. The van der Waals surface area contributed by atoms with Crippen molar-refractivity contribution in [3.8, 4) is 0 Å². The molecule has 0 saturated carbocycles. The van der Waals surface area contributed by atoms with Gasteiger partial charge < -0.3 is 5.11 Å². The molecule has 1 aromatic carbocycles. The Morgan fingerprint density at radius 2 is 2.18 bits per heavy atom. The summed E-state index contributed by atoms with van der Waals surface area (Å²) in [6.07, 6.45) is 0.134. The second-order valence-corrected chi connectivity index (χ2v) is 5.74. The van der Waals surface area contributed by atoms with E-state index < -0.39 is 5.97 Å². The minimum absolute atomic E-state index is 0.134. The van der Waals surface area contributed by atoms with E-state index in [1.54, 1.807) is 0 Å². The lowest BCUT2D eigenvalue weighted by Crippen LogP contribution is -2.21. The van der Waals surface area contributed by atoms with E-state index in [0.717, 1.165) is 21.3 Å². The van der Waals surface area contributed by atoms with Crippen LogP contribution < -0.4 is 0 Å². The Labute approximate surface area is 104 Å². The number of nitrogens with zero attached hydrogens (tertiary/aromatic N) is 1. The fraction of sp³-hybridized carbons (Fsp3) is 0.385. The zero-order valence-corrected chi connectivity index (χ0v) is 11.0. The molecule has 0 fully saturated rings. The van der Waals surface area contributed by atoms with E-state index in [4.69, 9.17) is 5.11 Å². The van der Waals surface area contributed by atoms with Crippen molar-refractivity contribution in [1.82, 2.24) is 4.37 Å². The van der Waals surface area contributed by atoms with Crippen molar-refractivity contribution in [2.24, 2.45) is 0 Å². The second kappa shape index (κ2) is 4.11. The van der Waals surface area contributed by atoms with Gasteiger partial charge >= 0.3 is 5.97 Å². The van der Waals surface area contributed by atoms with E-state index >= 15 is 0 Å². The van der Waals surface area contributed by atoms with Gasteiger partial charge in [-0.2, -0.15) is 4.37 Å². The van der Waals surface area contributed by atoms with E-state index in [0.29, 0.717) is 0 Å². The lowest BCUT2D eigenvalue weighted by Gasteiger charge is -2.23. The fourth-order valence-electron chi connectivity index (χ4n) is 1.96. The largest absolute Gasteiger partial charge is 0.481 e. The minimum atomic E-state index is -0.768. The number of carboxylic acids is 1. The smallest absolute Gasteiger partial charge is 0.304 e. The van der Waals surface area contributed by atoms with Crippen LogP contribution in [0.4, 0.5) is 0 Å². The van der Waals surface area contributed by atoms with Crippen molar-refractivity contribution in [1.29, 1.82) is 0 Å². The maximum absolute atomic E-state index is 10.9. The molecule has 0 aliphatic heterocycles. The van der Waals surface area contributed by atoms with Gasteiger partial charge in [-0.15, -0.1) is 0 Å². The molecule has 0 bridgehead atoms. The molecule has 1 heterocycles. The van der Waals surface area contributed by atoms with Gasteiger partial charge in [-0.25, -0.2) is 0 Å². The number of aliphatic carboxylic acids is 1. The molecule has 0 atom stereocenters. The summed E-state index contributed by atoms with van der Waals surface area (Å²) < 4.78 is 5.46. The summed E-state index contributed by atoms with van der Waals surface area (Å²) in [4.78, 5) is 10.9. The summed E-state index contributed by atoms with van der Waals surface area (Å²) in [5, 5.41) is 10.1. The first kappa shape index (κ1) is 12.0. The molecule has 1 aromatic heterocycles. The van der Waals surface area contributed by atoms with Gasteiger partial charge in [0.15, 0.2) is 0 Å². The van der Waals surface area contributed by atoms with Crippen LogP contribution in [0.5, 0.6) is 0 Å². The minimum Gasteiger partial charge on any atom is -0.481 e. The highest BCUT2D eigenvalue weighted by Crippen LogP contribution is 2.31. The molecule has 0 unspecified atom stereocenters. The van der Waals surface area contributed by atoms with Crippen LogP contribution in [0.2, 0.25) is 0 Å². The Balaban J connectivity index is 2.48. The number of benzene rings is 1. The zero-order chi connectivity index (χ0) is 12.6. The van der Waals surface area contributed by atoms with Gasteiger partial charge in [-0.1, -0.05) is 19.9 Å². The number of aryl methyl sites for hydroxylation is 1. The van der Waals surface area contributed by atoms with Crippen LogP contribution in [0, 0.1) is 6.92 Å². The average molecular weight is 249 g/mol. The van der Waals surface area contributed by atoms with Crippen molar-refractivity contribution in [2.45, 2.75) is 32.6 Å². The molecule has 0 aliphatic carbocycles. The average Bonchev–Trinajstić information content (AvgIpc) is 2.58. The second-order valence-electron chi connectivity index (χ2n) is 4.93. The van der Waals surface area contributed by atoms with Crippen molar-refractivity contribution < 1.29 is 9.90 Å². The highest BCUT2D eigenvalue weighted by atomic mass is 32.1. The number of rotatable bonds is 3. The van der Waals surface area contributed by atoms with Crippen LogP contribution in [-0.2, 0) is 10.2 Å². The molecule has 4 heteroatoms. The van der Waals surface area contributed by atoms with Gasteiger partial charge in [0.05, 0.1) is 16.8 Å². The summed E-state index contributed by atoms with van der Waals surface area (Å²) in [6.45, 7) is 5.89. The van der Waals surface area contributed by atoms with Crippen LogP contribution in [-0.4, -0.2) is 15.4 Å². The van der Waals surface area contributed by atoms with Gasteiger partial charge in [0.1, 0.15) is 0 Å². The van der Waals surface area contributed by atoms with Crippen molar-refractivity contribution in [3.63, 3.8) is 0 Å². The lowest BCUT2D eigenvalue weighted by molar-refractivity contribution is -0.138.